The number of nitrogen functional groups attached to an aromatic ring is 1. The van der Waals surface area contributed by atoms with E-state index in [1.807, 2.05) is 6.92 Å². The summed E-state index contributed by atoms with van der Waals surface area (Å²) in [4.78, 5) is 0. The van der Waals surface area contributed by atoms with Gasteiger partial charge in [-0.1, -0.05) is 0 Å². The first-order chi connectivity index (χ1) is 7.15. The van der Waals surface area contributed by atoms with Crippen LogP contribution in [0.4, 0.5) is 5.69 Å². The average molecular weight is 211 g/mol. The van der Waals surface area contributed by atoms with Crippen molar-refractivity contribution in [1.29, 1.82) is 0 Å². The standard InChI is InChI=1S/C11H17NO3/c1-8(7-13-2)15-11-5-9(12)4-10(6-11)14-3/h4-6,8H,7,12H2,1-3H3. The molecule has 0 radical (unpaired) electrons. The van der Waals surface area contributed by atoms with Crippen LogP contribution in [0.15, 0.2) is 18.2 Å². The van der Waals surface area contributed by atoms with Gasteiger partial charge in [-0.15, -0.1) is 0 Å². The topological polar surface area (TPSA) is 53.7 Å². The van der Waals surface area contributed by atoms with E-state index in [4.69, 9.17) is 19.9 Å². The highest BCUT2D eigenvalue weighted by molar-refractivity contribution is 5.50. The van der Waals surface area contributed by atoms with Crippen molar-refractivity contribution in [3.63, 3.8) is 0 Å². The minimum absolute atomic E-state index is 0.0125. The van der Waals surface area contributed by atoms with Crippen molar-refractivity contribution in [1.82, 2.24) is 0 Å². The quantitative estimate of drug-likeness (QED) is 0.753. The number of nitrogens with two attached hydrogens (primary N) is 1. The van der Waals surface area contributed by atoms with Gasteiger partial charge in [0.25, 0.3) is 0 Å². The van der Waals surface area contributed by atoms with Crippen molar-refractivity contribution >= 4 is 5.69 Å². The molecule has 0 aliphatic heterocycles. The van der Waals surface area contributed by atoms with Gasteiger partial charge >= 0.3 is 0 Å². The maximum Gasteiger partial charge on any atom is 0.125 e. The number of benzene rings is 1. The van der Waals surface area contributed by atoms with Crippen molar-refractivity contribution in [2.75, 3.05) is 26.6 Å². The fourth-order valence-corrected chi connectivity index (χ4v) is 1.28. The van der Waals surface area contributed by atoms with Gasteiger partial charge in [-0.05, 0) is 6.92 Å². The molecule has 1 unspecified atom stereocenters. The summed E-state index contributed by atoms with van der Waals surface area (Å²) in [5, 5.41) is 0. The van der Waals surface area contributed by atoms with Gasteiger partial charge in [0.2, 0.25) is 0 Å². The van der Waals surface area contributed by atoms with E-state index in [0.29, 0.717) is 23.8 Å². The van der Waals surface area contributed by atoms with Crippen molar-refractivity contribution in [2.24, 2.45) is 0 Å². The molecule has 4 nitrogen and oxygen atoms in total. The Morgan fingerprint density at radius 3 is 2.47 bits per heavy atom. The molecule has 0 spiro atoms. The lowest BCUT2D eigenvalue weighted by Crippen LogP contribution is -2.18. The Labute approximate surface area is 89.9 Å². The van der Waals surface area contributed by atoms with Gasteiger partial charge in [-0.3, -0.25) is 0 Å². The smallest absolute Gasteiger partial charge is 0.125 e. The summed E-state index contributed by atoms with van der Waals surface area (Å²) in [6.07, 6.45) is -0.0125. The van der Waals surface area contributed by atoms with Crippen LogP contribution in [-0.2, 0) is 4.74 Å². The van der Waals surface area contributed by atoms with Crippen LogP contribution in [0.2, 0.25) is 0 Å². The molecule has 4 heteroatoms. The third kappa shape index (κ3) is 3.67. The first-order valence-electron chi connectivity index (χ1n) is 4.76. The van der Waals surface area contributed by atoms with E-state index in [1.54, 1.807) is 32.4 Å². The molecule has 0 aromatic heterocycles. The van der Waals surface area contributed by atoms with Crippen molar-refractivity contribution in [2.45, 2.75) is 13.0 Å². The highest BCUT2D eigenvalue weighted by atomic mass is 16.5. The molecule has 1 atom stereocenters. The van der Waals surface area contributed by atoms with Gasteiger partial charge in [0.05, 0.1) is 13.7 Å². The van der Waals surface area contributed by atoms with Gasteiger partial charge in [-0.2, -0.15) is 0 Å². The zero-order chi connectivity index (χ0) is 11.3. The molecule has 1 aromatic rings. The molecule has 0 saturated heterocycles. The van der Waals surface area contributed by atoms with E-state index in [1.165, 1.54) is 0 Å². The lowest BCUT2D eigenvalue weighted by atomic mass is 10.3. The largest absolute Gasteiger partial charge is 0.497 e. The SMILES string of the molecule is COCC(C)Oc1cc(N)cc(OC)c1. The fraction of sp³-hybridized carbons (Fsp3) is 0.455. The van der Waals surface area contributed by atoms with Crippen LogP contribution in [0.25, 0.3) is 0 Å². The molecular formula is C11H17NO3. The van der Waals surface area contributed by atoms with E-state index in [2.05, 4.69) is 0 Å². The number of anilines is 1. The maximum atomic E-state index is 5.69. The predicted molar refractivity (Wildman–Crippen MR) is 59.4 cm³/mol. The van der Waals surface area contributed by atoms with Crippen LogP contribution < -0.4 is 15.2 Å². The highest BCUT2D eigenvalue weighted by Crippen LogP contribution is 2.24. The highest BCUT2D eigenvalue weighted by Gasteiger charge is 2.05. The molecule has 0 bridgehead atoms. The van der Waals surface area contributed by atoms with Crippen molar-refractivity contribution in [3.8, 4) is 11.5 Å². The fourth-order valence-electron chi connectivity index (χ4n) is 1.28. The van der Waals surface area contributed by atoms with Crippen LogP contribution in [0.5, 0.6) is 11.5 Å². The molecule has 0 fully saturated rings. The zero-order valence-corrected chi connectivity index (χ0v) is 9.32. The molecule has 1 aromatic carbocycles. The molecular weight excluding hydrogens is 194 g/mol. The summed E-state index contributed by atoms with van der Waals surface area (Å²) in [7, 11) is 3.23. The Morgan fingerprint density at radius 1 is 1.20 bits per heavy atom. The Morgan fingerprint density at radius 2 is 1.87 bits per heavy atom. The summed E-state index contributed by atoms with van der Waals surface area (Å²) in [5.74, 6) is 1.38. The number of methoxy groups -OCH3 is 2. The van der Waals surface area contributed by atoms with Gasteiger partial charge in [0, 0.05) is 31.0 Å². The molecule has 0 aliphatic carbocycles. The van der Waals surface area contributed by atoms with E-state index in [0.717, 1.165) is 0 Å². The third-order valence-electron chi connectivity index (χ3n) is 1.88. The second kappa shape index (κ2) is 5.46. The minimum Gasteiger partial charge on any atom is -0.497 e. The lowest BCUT2D eigenvalue weighted by Gasteiger charge is -2.14. The average Bonchev–Trinajstić information content (AvgIpc) is 2.17. The Bertz CT molecular complexity index is 315. The van der Waals surface area contributed by atoms with Crippen LogP contribution in [0, 0.1) is 0 Å². The summed E-state index contributed by atoms with van der Waals surface area (Å²) >= 11 is 0. The van der Waals surface area contributed by atoms with E-state index in [-0.39, 0.29) is 6.10 Å². The first kappa shape index (κ1) is 11.7. The number of ether oxygens (including phenoxy) is 3. The molecule has 84 valence electrons. The third-order valence-corrected chi connectivity index (χ3v) is 1.88. The van der Waals surface area contributed by atoms with Crippen LogP contribution in [0.1, 0.15) is 6.92 Å². The maximum absolute atomic E-state index is 5.69. The van der Waals surface area contributed by atoms with Crippen LogP contribution in [-0.4, -0.2) is 26.9 Å². The second-order valence-electron chi connectivity index (χ2n) is 3.33. The predicted octanol–water partition coefficient (Wildman–Crippen LogP) is 1.69. The van der Waals surface area contributed by atoms with E-state index >= 15 is 0 Å². The Hall–Kier alpha value is -1.42. The second-order valence-corrected chi connectivity index (χ2v) is 3.33. The number of hydrogen-bond acceptors (Lipinski definition) is 4. The lowest BCUT2D eigenvalue weighted by molar-refractivity contribution is 0.0919. The Kier molecular flexibility index (Phi) is 4.24. The minimum atomic E-state index is -0.0125. The van der Waals surface area contributed by atoms with Crippen molar-refractivity contribution < 1.29 is 14.2 Å². The monoisotopic (exact) mass is 211 g/mol. The summed E-state index contributed by atoms with van der Waals surface area (Å²) in [6, 6.07) is 5.30. The molecule has 0 amide bonds. The van der Waals surface area contributed by atoms with Gasteiger partial charge < -0.3 is 19.9 Å². The van der Waals surface area contributed by atoms with E-state index in [9.17, 15) is 0 Å². The number of rotatable bonds is 5. The van der Waals surface area contributed by atoms with Crippen LogP contribution >= 0.6 is 0 Å². The van der Waals surface area contributed by atoms with Crippen LogP contribution in [0.3, 0.4) is 0 Å². The van der Waals surface area contributed by atoms with Gasteiger partial charge in [0.1, 0.15) is 17.6 Å². The summed E-state index contributed by atoms with van der Waals surface area (Å²) < 4.78 is 15.7. The van der Waals surface area contributed by atoms with E-state index < -0.39 is 0 Å². The zero-order valence-electron chi connectivity index (χ0n) is 9.32. The molecule has 0 saturated carbocycles. The Balaban J connectivity index is 2.71. The summed E-state index contributed by atoms with van der Waals surface area (Å²) in [6.45, 7) is 2.47. The molecule has 15 heavy (non-hydrogen) atoms. The molecule has 0 aliphatic rings. The summed E-state index contributed by atoms with van der Waals surface area (Å²) in [5.41, 5.74) is 6.31. The van der Waals surface area contributed by atoms with Crippen molar-refractivity contribution in [3.05, 3.63) is 18.2 Å². The van der Waals surface area contributed by atoms with Gasteiger partial charge in [0.15, 0.2) is 0 Å². The first-order valence-corrected chi connectivity index (χ1v) is 4.76. The molecule has 2 N–H and O–H groups in total. The van der Waals surface area contributed by atoms with Gasteiger partial charge in [-0.25, -0.2) is 0 Å². The molecule has 0 heterocycles. The number of hydrogen-bond donors (Lipinski definition) is 1. The molecule has 1 rings (SSSR count). The normalized spacial score (nSPS) is 12.2.